The van der Waals surface area contributed by atoms with Crippen molar-refractivity contribution in [3.63, 3.8) is 0 Å². The Morgan fingerprint density at radius 1 is 0.912 bits per heavy atom. The molecule has 0 aliphatic heterocycles. The topological polar surface area (TPSA) is 86.6 Å². The predicted molar refractivity (Wildman–Crippen MR) is 126 cm³/mol. The first-order valence-electron chi connectivity index (χ1n) is 10.3. The molecule has 4 rings (SSSR count). The molecule has 0 atom stereocenters. The van der Waals surface area contributed by atoms with E-state index in [1.54, 1.807) is 43.5 Å². The zero-order valence-electron chi connectivity index (χ0n) is 18.5. The molecule has 34 heavy (non-hydrogen) atoms. The van der Waals surface area contributed by atoms with Gasteiger partial charge >= 0.3 is 0 Å². The Morgan fingerprint density at radius 2 is 1.53 bits per heavy atom. The van der Waals surface area contributed by atoms with Crippen LogP contribution >= 0.6 is 0 Å². The number of aromatic nitrogens is 1. The van der Waals surface area contributed by atoms with E-state index in [1.165, 1.54) is 42.1 Å². The predicted octanol–water partition coefficient (Wildman–Crippen LogP) is 4.03. The molecule has 0 fully saturated rings. The van der Waals surface area contributed by atoms with E-state index in [4.69, 9.17) is 9.47 Å². The molecule has 0 spiro atoms. The number of fused-ring (bicyclic) bond motifs is 1. The number of nitrogens with one attached hydrogen (secondary N) is 1. The van der Waals surface area contributed by atoms with Gasteiger partial charge in [0.1, 0.15) is 23.9 Å². The number of hydrogen-bond acceptors (Lipinski definition) is 5. The Hall–Kier alpha value is -4.46. The second kappa shape index (κ2) is 9.58. The van der Waals surface area contributed by atoms with E-state index < -0.39 is 17.0 Å². The van der Waals surface area contributed by atoms with Crippen LogP contribution in [0.15, 0.2) is 77.7 Å². The number of nitrogens with zero attached hydrogens (tertiary/aromatic N) is 1. The molecular formula is C26H21FN2O5. The number of methoxy groups -OCH3 is 2. The summed E-state index contributed by atoms with van der Waals surface area (Å²) < 4.78 is 25.6. The second-order valence-electron chi connectivity index (χ2n) is 7.50. The fourth-order valence-electron chi connectivity index (χ4n) is 3.59. The highest BCUT2D eigenvalue weighted by Gasteiger charge is 2.19. The lowest BCUT2D eigenvalue weighted by Gasteiger charge is -2.14. The standard InChI is InChI=1S/C26H21FN2O5/c1-33-19-8-3-16(4-9-19)25(31)22-14-29(23-12-5-17(27)13-21(23)26(22)32)15-24(30)28-18-6-10-20(34-2)11-7-18/h3-14H,15H2,1-2H3,(H,28,30). The summed E-state index contributed by atoms with van der Waals surface area (Å²) in [7, 11) is 3.05. The van der Waals surface area contributed by atoms with Gasteiger partial charge in [0.05, 0.1) is 25.3 Å². The molecule has 1 N–H and O–H groups in total. The Kier molecular flexibility index (Phi) is 6.40. The molecule has 1 heterocycles. The van der Waals surface area contributed by atoms with Crippen molar-refractivity contribution in [2.24, 2.45) is 0 Å². The lowest BCUT2D eigenvalue weighted by Crippen LogP contribution is -2.24. The highest BCUT2D eigenvalue weighted by Crippen LogP contribution is 2.19. The average molecular weight is 460 g/mol. The Labute approximate surface area is 194 Å². The number of carbonyl (C=O) groups is 2. The van der Waals surface area contributed by atoms with Gasteiger partial charge in [-0.15, -0.1) is 0 Å². The molecule has 0 saturated carbocycles. The van der Waals surface area contributed by atoms with Gasteiger partial charge in [-0.1, -0.05) is 0 Å². The molecule has 0 aliphatic carbocycles. The van der Waals surface area contributed by atoms with Gasteiger partial charge in [-0.2, -0.15) is 0 Å². The number of ketones is 1. The SMILES string of the molecule is COc1ccc(NC(=O)Cn2cc(C(=O)c3ccc(OC)cc3)c(=O)c3cc(F)ccc32)cc1. The number of pyridine rings is 1. The maximum Gasteiger partial charge on any atom is 0.244 e. The van der Waals surface area contributed by atoms with E-state index in [9.17, 15) is 18.8 Å². The molecule has 0 bridgehead atoms. The second-order valence-corrected chi connectivity index (χ2v) is 7.50. The molecule has 0 saturated heterocycles. The molecular weight excluding hydrogens is 439 g/mol. The van der Waals surface area contributed by atoms with E-state index >= 15 is 0 Å². The average Bonchev–Trinajstić information content (AvgIpc) is 2.85. The van der Waals surface area contributed by atoms with E-state index in [1.807, 2.05) is 0 Å². The van der Waals surface area contributed by atoms with Crippen LogP contribution in [-0.2, 0) is 11.3 Å². The van der Waals surface area contributed by atoms with Crippen LogP contribution in [0.4, 0.5) is 10.1 Å². The van der Waals surface area contributed by atoms with E-state index in [0.717, 1.165) is 6.07 Å². The fraction of sp³-hybridized carbons (Fsp3) is 0.115. The van der Waals surface area contributed by atoms with Gasteiger partial charge in [0.15, 0.2) is 5.78 Å². The van der Waals surface area contributed by atoms with E-state index in [0.29, 0.717) is 22.7 Å². The minimum Gasteiger partial charge on any atom is -0.497 e. The normalized spacial score (nSPS) is 10.7. The van der Waals surface area contributed by atoms with Crippen molar-refractivity contribution >= 4 is 28.3 Å². The van der Waals surface area contributed by atoms with Crippen molar-refractivity contribution in [3.05, 3.63) is 100 Å². The van der Waals surface area contributed by atoms with Gasteiger partial charge < -0.3 is 19.4 Å². The van der Waals surface area contributed by atoms with Gasteiger partial charge in [-0.3, -0.25) is 14.4 Å². The molecule has 4 aromatic rings. The third-order valence-corrected chi connectivity index (χ3v) is 5.33. The first kappa shape index (κ1) is 22.7. The van der Waals surface area contributed by atoms with Crippen LogP contribution in [0.25, 0.3) is 10.9 Å². The van der Waals surface area contributed by atoms with Crippen molar-refractivity contribution in [2.45, 2.75) is 6.54 Å². The zero-order chi connectivity index (χ0) is 24.2. The molecule has 0 unspecified atom stereocenters. The Bertz CT molecular complexity index is 1430. The summed E-state index contributed by atoms with van der Waals surface area (Å²) in [6.45, 7) is -0.197. The smallest absolute Gasteiger partial charge is 0.244 e. The fourth-order valence-corrected chi connectivity index (χ4v) is 3.59. The summed E-state index contributed by atoms with van der Waals surface area (Å²) in [5.41, 5.74) is 0.379. The molecule has 0 aliphatic rings. The minimum atomic E-state index is -0.618. The van der Waals surface area contributed by atoms with Crippen LogP contribution in [0.3, 0.4) is 0 Å². The highest BCUT2D eigenvalue weighted by molar-refractivity contribution is 6.10. The summed E-state index contributed by atoms with van der Waals surface area (Å²) in [6.07, 6.45) is 1.34. The van der Waals surface area contributed by atoms with Crippen molar-refractivity contribution in [3.8, 4) is 11.5 Å². The number of carbonyl (C=O) groups excluding carboxylic acids is 2. The van der Waals surface area contributed by atoms with Crippen molar-refractivity contribution in [2.75, 3.05) is 19.5 Å². The molecule has 1 amide bonds. The van der Waals surface area contributed by atoms with Crippen LogP contribution in [0.1, 0.15) is 15.9 Å². The minimum absolute atomic E-state index is 0.0107. The first-order valence-corrected chi connectivity index (χ1v) is 10.3. The van der Waals surface area contributed by atoms with Crippen molar-refractivity contribution in [1.29, 1.82) is 0 Å². The third-order valence-electron chi connectivity index (χ3n) is 5.33. The lowest BCUT2D eigenvalue weighted by atomic mass is 10.0. The number of halogens is 1. The monoisotopic (exact) mass is 460 g/mol. The molecule has 1 aromatic heterocycles. The largest absolute Gasteiger partial charge is 0.497 e. The number of hydrogen-bond donors (Lipinski definition) is 1. The van der Waals surface area contributed by atoms with Crippen molar-refractivity contribution < 1.29 is 23.5 Å². The summed E-state index contributed by atoms with van der Waals surface area (Å²) in [4.78, 5) is 38.9. The van der Waals surface area contributed by atoms with Crippen LogP contribution in [-0.4, -0.2) is 30.5 Å². The number of benzene rings is 3. The molecule has 8 heteroatoms. The number of anilines is 1. The summed E-state index contributed by atoms with van der Waals surface area (Å²) >= 11 is 0. The number of ether oxygens (including phenoxy) is 2. The summed E-state index contributed by atoms with van der Waals surface area (Å²) in [6, 6.07) is 16.8. The highest BCUT2D eigenvalue weighted by atomic mass is 19.1. The number of amides is 1. The van der Waals surface area contributed by atoms with E-state index in [-0.39, 0.29) is 29.0 Å². The third kappa shape index (κ3) is 4.66. The zero-order valence-corrected chi connectivity index (χ0v) is 18.5. The Balaban J connectivity index is 1.71. The lowest BCUT2D eigenvalue weighted by molar-refractivity contribution is -0.116. The molecule has 172 valence electrons. The Morgan fingerprint density at radius 3 is 2.15 bits per heavy atom. The van der Waals surface area contributed by atoms with Gasteiger partial charge in [-0.05, 0) is 66.7 Å². The quantitative estimate of drug-likeness (QED) is 0.421. The van der Waals surface area contributed by atoms with Crippen LogP contribution in [0, 0.1) is 5.82 Å². The molecule has 3 aromatic carbocycles. The maximum absolute atomic E-state index is 14.0. The maximum atomic E-state index is 14.0. The summed E-state index contributed by atoms with van der Waals surface area (Å²) in [5.74, 6) is -0.337. The van der Waals surface area contributed by atoms with Gasteiger partial charge in [-0.25, -0.2) is 4.39 Å². The van der Waals surface area contributed by atoms with Crippen LogP contribution in [0.2, 0.25) is 0 Å². The van der Waals surface area contributed by atoms with E-state index in [2.05, 4.69) is 5.32 Å². The van der Waals surface area contributed by atoms with Gasteiger partial charge in [0.25, 0.3) is 0 Å². The molecule has 0 radical (unpaired) electrons. The summed E-state index contributed by atoms with van der Waals surface area (Å²) in [5, 5.41) is 2.77. The van der Waals surface area contributed by atoms with Crippen molar-refractivity contribution in [1.82, 2.24) is 4.57 Å². The van der Waals surface area contributed by atoms with Crippen LogP contribution in [0.5, 0.6) is 11.5 Å². The van der Waals surface area contributed by atoms with Crippen LogP contribution < -0.4 is 20.2 Å². The molecule has 7 nitrogen and oxygen atoms in total. The number of rotatable bonds is 7. The first-order chi connectivity index (χ1) is 16.4. The van der Waals surface area contributed by atoms with Gasteiger partial charge in [0.2, 0.25) is 11.3 Å². The van der Waals surface area contributed by atoms with Gasteiger partial charge in [0, 0.05) is 22.8 Å².